The van der Waals surface area contributed by atoms with Crippen molar-refractivity contribution >= 4 is 0 Å². The number of aromatic nitrogens is 3. The number of nitrogens with zero attached hydrogens (tertiary/aromatic N) is 3. The Labute approximate surface area is 117 Å². The van der Waals surface area contributed by atoms with Gasteiger partial charge >= 0.3 is 0 Å². The zero-order valence-electron chi connectivity index (χ0n) is 10.9. The molecule has 1 N–H and O–H groups in total. The lowest BCUT2D eigenvalue weighted by molar-refractivity contribution is 0.215. The van der Waals surface area contributed by atoms with Crippen LogP contribution in [-0.2, 0) is 6.54 Å². The van der Waals surface area contributed by atoms with Crippen LogP contribution >= 0.6 is 0 Å². The van der Waals surface area contributed by atoms with Crippen molar-refractivity contribution in [3.05, 3.63) is 83.7 Å². The van der Waals surface area contributed by atoms with Crippen LogP contribution in [0.1, 0.15) is 22.9 Å². The van der Waals surface area contributed by atoms with Gasteiger partial charge in [0.25, 0.3) is 0 Å². The van der Waals surface area contributed by atoms with E-state index in [0.717, 1.165) is 11.1 Å². The Morgan fingerprint density at radius 2 is 1.60 bits per heavy atom. The minimum absolute atomic E-state index is 0.562. The third kappa shape index (κ3) is 2.75. The van der Waals surface area contributed by atoms with Gasteiger partial charge in [-0.1, -0.05) is 65.9 Å². The highest BCUT2D eigenvalue weighted by molar-refractivity contribution is 5.24. The first-order valence-electron chi connectivity index (χ1n) is 6.50. The Morgan fingerprint density at radius 3 is 2.30 bits per heavy atom. The molecule has 1 aromatic heterocycles. The summed E-state index contributed by atoms with van der Waals surface area (Å²) in [5.41, 5.74) is 2.53. The van der Waals surface area contributed by atoms with Crippen molar-refractivity contribution in [3.8, 4) is 0 Å². The Morgan fingerprint density at radius 1 is 0.950 bits per heavy atom. The van der Waals surface area contributed by atoms with Gasteiger partial charge in [0.2, 0.25) is 0 Å². The number of aliphatic hydroxyl groups excluding tert-OH is 1. The second-order valence-electron chi connectivity index (χ2n) is 4.64. The first kappa shape index (κ1) is 12.6. The minimum Gasteiger partial charge on any atom is -0.382 e. The third-order valence-electron chi connectivity index (χ3n) is 3.14. The van der Waals surface area contributed by atoms with E-state index < -0.39 is 6.10 Å². The zero-order valence-corrected chi connectivity index (χ0v) is 10.9. The van der Waals surface area contributed by atoms with E-state index in [9.17, 15) is 5.11 Å². The average Bonchev–Trinajstić information content (AvgIpc) is 2.97. The molecular formula is C16H15N3O. The molecule has 0 aliphatic rings. The van der Waals surface area contributed by atoms with E-state index in [-0.39, 0.29) is 0 Å². The third-order valence-corrected chi connectivity index (χ3v) is 3.14. The summed E-state index contributed by atoms with van der Waals surface area (Å²) in [6, 6.07) is 19.5. The topological polar surface area (TPSA) is 50.9 Å². The molecule has 3 rings (SSSR count). The number of hydrogen-bond acceptors (Lipinski definition) is 3. The molecule has 4 nitrogen and oxygen atoms in total. The van der Waals surface area contributed by atoms with Crippen LogP contribution < -0.4 is 0 Å². The first-order chi connectivity index (χ1) is 9.83. The fourth-order valence-corrected chi connectivity index (χ4v) is 2.09. The second-order valence-corrected chi connectivity index (χ2v) is 4.64. The van der Waals surface area contributed by atoms with Gasteiger partial charge in [0.1, 0.15) is 11.8 Å². The molecule has 0 aliphatic carbocycles. The van der Waals surface area contributed by atoms with Gasteiger partial charge in [-0.05, 0) is 11.1 Å². The number of aliphatic hydroxyl groups is 1. The van der Waals surface area contributed by atoms with Crippen molar-refractivity contribution in [2.45, 2.75) is 12.6 Å². The summed E-state index contributed by atoms with van der Waals surface area (Å²) in [5, 5.41) is 18.4. The van der Waals surface area contributed by atoms with Gasteiger partial charge in [-0.3, -0.25) is 0 Å². The van der Waals surface area contributed by atoms with Crippen molar-refractivity contribution in [3.63, 3.8) is 0 Å². The first-order valence-corrected chi connectivity index (χ1v) is 6.50. The van der Waals surface area contributed by atoms with Crippen molar-refractivity contribution in [1.82, 2.24) is 15.0 Å². The predicted molar refractivity (Wildman–Crippen MR) is 76.1 cm³/mol. The quantitative estimate of drug-likeness (QED) is 0.788. The van der Waals surface area contributed by atoms with E-state index in [1.165, 1.54) is 0 Å². The normalized spacial score (nSPS) is 12.2. The predicted octanol–water partition coefficient (Wildman–Crippen LogP) is 2.41. The summed E-state index contributed by atoms with van der Waals surface area (Å²) in [5.74, 6) is 0. The van der Waals surface area contributed by atoms with E-state index in [2.05, 4.69) is 10.3 Å². The maximum Gasteiger partial charge on any atom is 0.124 e. The van der Waals surface area contributed by atoms with Crippen LogP contribution in [0.5, 0.6) is 0 Å². The summed E-state index contributed by atoms with van der Waals surface area (Å²) in [4.78, 5) is 0. The summed E-state index contributed by atoms with van der Waals surface area (Å²) in [6.45, 7) is 0.648. The number of benzene rings is 2. The van der Waals surface area contributed by atoms with Crippen molar-refractivity contribution in [2.75, 3.05) is 0 Å². The molecule has 100 valence electrons. The molecule has 1 atom stereocenters. The van der Waals surface area contributed by atoms with Gasteiger partial charge in [0, 0.05) is 0 Å². The molecule has 0 saturated carbocycles. The Hall–Kier alpha value is -2.46. The Kier molecular flexibility index (Phi) is 3.56. The monoisotopic (exact) mass is 265 g/mol. The minimum atomic E-state index is -0.735. The lowest BCUT2D eigenvalue weighted by atomic mass is 10.1. The van der Waals surface area contributed by atoms with Gasteiger partial charge in [-0.25, -0.2) is 4.68 Å². The highest BCUT2D eigenvalue weighted by Gasteiger charge is 2.14. The molecule has 0 amide bonds. The fourth-order valence-electron chi connectivity index (χ4n) is 2.09. The Balaban J connectivity index is 1.77. The molecule has 0 radical (unpaired) electrons. The van der Waals surface area contributed by atoms with Gasteiger partial charge in [0.15, 0.2) is 0 Å². The van der Waals surface area contributed by atoms with Crippen LogP contribution in [0.2, 0.25) is 0 Å². The average molecular weight is 265 g/mol. The van der Waals surface area contributed by atoms with Crippen LogP contribution in [0.15, 0.2) is 66.9 Å². The maximum absolute atomic E-state index is 10.3. The van der Waals surface area contributed by atoms with Crippen LogP contribution in [-0.4, -0.2) is 20.1 Å². The summed E-state index contributed by atoms with van der Waals surface area (Å²) in [7, 11) is 0. The molecule has 2 aromatic carbocycles. The smallest absolute Gasteiger partial charge is 0.124 e. The molecule has 0 spiro atoms. The van der Waals surface area contributed by atoms with Gasteiger partial charge in [0.05, 0.1) is 12.7 Å². The van der Waals surface area contributed by atoms with Gasteiger partial charge in [-0.2, -0.15) is 0 Å². The summed E-state index contributed by atoms with van der Waals surface area (Å²) < 4.78 is 1.73. The fraction of sp³-hybridized carbons (Fsp3) is 0.125. The zero-order chi connectivity index (χ0) is 13.8. The van der Waals surface area contributed by atoms with E-state index in [4.69, 9.17) is 0 Å². The molecule has 0 aliphatic heterocycles. The van der Waals surface area contributed by atoms with Crippen LogP contribution in [0.3, 0.4) is 0 Å². The highest BCUT2D eigenvalue weighted by Crippen LogP contribution is 2.19. The summed E-state index contributed by atoms with van der Waals surface area (Å²) in [6.07, 6.45) is 1.05. The molecule has 0 bridgehead atoms. The lowest BCUT2D eigenvalue weighted by Crippen LogP contribution is -2.00. The lowest BCUT2D eigenvalue weighted by Gasteiger charge is -2.06. The maximum atomic E-state index is 10.3. The van der Waals surface area contributed by atoms with Gasteiger partial charge in [-0.15, -0.1) is 5.10 Å². The molecule has 0 fully saturated rings. The largest absolute Gasteiger partial charge is 0.382 e. The van der Waals surface area contributed by atoms with E-state index in [1.54, 1.807) is 10.9 Å². The van der Waals surface area contributed by atoms with E-state index in [0.29, 0.717) is 12.2 Å². The summed E-state index contributed by atoms with van der Waals surface area (Å²) >= 11 is 0. The molecule has 1 unspecified atom stereocenters. The van der Waals surface area contributed by atoms with Crippen molar-refractivity contribution in [1.29, 1.82) is 0 Å². The van der Waals surface area contributed by atoms with E-state index >= 15 is 0 Å². The molecule has 20 heavy (non-hydrogen) atoms. The molecule has 1 heterocycles. The second kappa shape index (κ2) is 5.67. The van der Waals surface area contributed by atoms with Crippen LogP contribution in [0, 0.1) is 0 Å². The van der Waals surface area contributed by atoms with Gasteiger partial charge < -0.3 is 5.11 Å². The standard InChI is InChI=1S/C16H15N3O/c20-16(14-9-5-2-6-10-14)15-12-19(18-17-15)11-13-7-3-1-4-8-13/h1-10,12,16,20H,11H2. The van der Waals surface area contributed by atoms with Crippen molar-refractivity contribution < 1.29 is 5.11 Å². The molecule has 4 heteroatoms. The van der Waals surface area contributed by atoms with Crippen molar-refractivity contribution in [2.24, 2.45) is 0 Å². The van der Waals surface area contributed by atoms with Crippen LogP contribution in [0.4, 0.5) is 0 Å². The van der Waals surface area contributed by atoms with E-state index in [1.807, 2.05) is 60.7 Å². The molecule has 3 aromatic rings. The van der Waals surface area contributed by atoms with Crippen LogP contribution in [0.25, 0.3) is 0 Å². The Bertz CT molecular complexity index is 664. The number of hydrogen-bond donors (Lipinski definition) is 1. The molecule has 0 saturated heterocycles. The molecular weight excluding hydrogens is 250 g/mol. The number of rotatable bonds is 4. The highest BCUT2D eigenvalue weighted by atomic mass is 16.3. The SMILES string of the molecule is OC(c1ccccc1)c1cn(Cc2ccccc2)nn1.